The van der Waals surface area contributed by atoms with Crippen molar-refractivity contribution in [2.75, 3.05) is 13.6 Å². The second-order valence-corrected chi connectivity index (χ2v) is 3.14. The SMILES string of the molecule is [2H]C#CCN(C)[C@@]([2H])(Cc1ccccc1)C([2H])([2H])[2H]. The molecule has 1 aromatic carbocycles. The van der Waals surface area contributed by atoms with E-state index in [1.807, 2.05) is 24.6 Å². The van der Waals surface area contributed by atoms with E-state index in [1.54, 1.807) is 19.2 Å². The van der Waals surface area contributed by atoms with Crippen LogP contribution in [-0.4, -0.2) is 24.5 Å². The summed E-state index contributed by atoms with van der Waals surface area (Å²) < 4.78 is 37.9. The van der Waals surface area contributed by atoms with Gasteiger partial charge in [0.1, 0.15) is 1.37 Å². The summed E-state index contributed by atoms with van der Waals surface area (Å²) in [6.07, 6.45) is 2.06. The van der Waals surface area contributed by atoms with Crippen molar-refractivity contribution in [1.29, 1.82) is 0 Å². The van der Waals surface area contributed by atoms with E-state index in [4.69, 9.17) is 6.85 Å². The summed E-state index contributed by atoms with van der Waals surface area (Å²) in [7, 11) is 1.55. The molecular formula is C13H17N. The zero-order valence-corrected chi connectivity index (χ0v) is 8.25. The van der Waals surface area contributed by atoms with Crippen molar-refractivity contribution < 1.29 is 6.85 Å². The number of hydrogen-bond donors (Lipinski definition) is 0. The van der Waals surface area contributed by atoms with Crippen LogP contribution in [0.5, 0.6) is 0 Å². The minimum absolute atomic E-state index is 0.0816. The van der Waals surface area contributed by atoms with Gasteiger partial charge in [-0.25, -0.2) is 0 Å². The number of likely N-dealkylation sites (N-methyl/N-ethyl adjacent to an activating group) is 1. The lowest BCUT2D eigenvalue weighted by Crippen LogP contribution is -2.31. The maximum atomic E-state index is 8.33. The largest absolute Gasteiger partial charge is 0.292 e. The molecule has 0 unspecified atom stereocenters. The van der Waals surface area contributed by atoms with Gasteiger partial charge < -0.3 is 0 Å². The first kappa shape index (κ1) is 5.58. The van der Waals surface area contributed by atoms with Crippen LogP contribution in [0.1, 0.15) is 19.3 Å². The first-order valence-electron chi connectivity index (χ1n) is 6.96. The molecule has 0 saturated carbocycles. The van der Waals surface area contributed by atoms with E-state index in [-0.39, 0.29) is 13.0 Å². The lowest BCUT2D eigenvalue weighted by atomic mass is 10.1. The number of benzene rings is 1. The molecule has 1 nitrogen and oxygen atoms in total. The van der Waals surface area contributed by atoms with Gasteiger partial charge in [0, 0.05) is 11.5 Å². The normalized spacial score (nSPS) is 20.3. The molecule has 0 bridgehead atoms. The van der Waals surface area contributed by atoms with Crippen LogP contribution < -0.4 is 0 Å². The van der Waals surface area contributed by atoms with E-state index in [1.165, 1.54) is 4.90 Å². The van der Waals surface area contributed by atoms with Crippen LogP contribution in [0.25, 0.3) is 0 Å². The van der Waals surface area contributed by atoms with Crippen LogP contribution in [0, 0.1) is 12.3 Å². The first-order chi connectivity index (χ1) is 8.81. The van der Waals surface area contributed by atoms with Gasteiger partial charge >= 0.3 is 0 Å². The van der Waals surface area contributed by atoms with Crippen molar-refractivity contribution in [3.63, 3.8) is 0 Å². The Hall–Kier alpha value is -1.26. The smallest absolute Gasteiger partial charge is 0.124 e. The van der Waals surface area contributed by atoms with Crippen LogP contribution in [-0.2, 0) is 6.42 Å². The van der Waals surface area contributed by atoms with Gasteiger partial charge in [-0.2, -0.15) is 0 Å². The topological polar surface area (TPSA) is 3.24 Å². The fourth-order valence-corrected chi connectivity index (χ4v) is 1.14. The van der Waals surface area contributed by atoms with Crippen molar-refractivity contribution >= 4 is 0 Å². The molecule has 1 rings (SSSR count). The average molecular weight is 192 g/mol. The number of hydrogen-bond acceptors (Lipinski definition) is 1. The highest BCUT2D eigenvalue weighted by Crippen LogP contribution is 2.06. The Balaban J connectivity index is 3.02. The molecule has 1 aromatic rings. The van der Waals surface area contributed by atoms with E-state index in [0.717, 1.165) is 5.56 Å². The molecule has 0 spiro atoms. The molecule has 0 aliphatic rings. The molecule has 0 fully saturated rings. The number of rotatable bonds is 4. The molecule has 1 heteroatoms. The maximum absolute atomic E-state index is 8.33. The predicted molar refractivity (Wildman–Crippen MR) is 61.1 cm³/mol. The Bertz CT molecular complexity index is 459. The van der Waals surface area contributed by atoms with E-state index >= 15 is 0 Å². The number of terminal acetylenes is 1. The van der Waals surface area contributed by atoms with Gasteiger partial charge in [0.25, 0.3) is 0 Å². The molecule has 0 amide bonds. The summed E-state index contributed by atoms with van der Waals surface area (Å²) in [6.45, 7) is -2.38. The minimum atomic E-state index is -2.46. The van der Waals surface area contributed by atoms with Crippen molar-refractivity contribution in [3.8, 4) is 12.3 Å². The van der Waals surface area contributed by atoms with Crippen LogP contribution in [0.4, 0.5) is 0 Å². The monoisotopic (exact) mass is 192 g/mol. The van der Waals surface area contributed by atoms with Gasteiger partial charge in [0.2, 0.25) is 0 Å². The molecule has 0 saturated heterocycles. The fourth-order valence-electron chi connectivity index (χ4n) is 1.14. The van der Waals surface area contributed by atoms with E-state index in [9.17, 15) is 0 Å². The number of nitrogens with zero attached hydrogens (tertiary/aromatic N) is 1. The Morgan fingerprint density at radius 1 is 1.64 bits per heavy atom. The summed E-state index contributed by atoms with van der Waals surface area (Å²) in [6, 6.07) is 7.34. The third-order valence-corrected chi connectivity index (χ3v) is 1.99. The van der Waals surface area contributed by atoms with Crippen molar-refractivity contribution in [2.24, 2.45) is 0 Å². The van der Waals surface area contributed by atoms with Gasteiger partial charge in [0.05, 0.1) is 6.54 Å². The van der Waals surface area contributed by atoms with Crippen LogP contribution in [0.2, 0.25) is 0 Å². The molecular weight excluding hydrogens is 170 g/mol. The molecule has 0 radical (unpaired) electrons. The zero-order valence-electron chi connectivity index (χ0n) is 13.2. The van der Waals surface area contributed by atoms with Gasteiger partial charge in [0.15, 0.2) is 0 Å². The van der Waals surface area contributed by atoms with E-state index in [0.29, 0.717) is 0 Å². The maximum Gasteiger partial charge on any atom is 0.124 e. The summed E-state index contributed by atoms with van der Waals surface area (Å²) in [5.74, 6) is 2.48. The Kier molecular flexibility index (Phi) is 2.18. The Morgan fingerprint density at radius 2 is 2.43 bits per heavy atom. The summed E-state index contributed by atoms with van der Waals surface area (Å²) in [5.41, 5.74) is 0.791. The molecule has 0 aromatic heterocycles. The molecule has 14 heavy (non-hydrogen) atoms. The van der Waals surface area contributed by atoms with Crippen LogP contribution >= 0.6 is 0 Å². The summed E-state index contributed by atoms with van der Waals surface area (Å²) in [5, 5.41) is 0. The van der Waals surface area contributed by atoms with E-state index < -0.39 is 12.9 Å². The third kappa shape index (κ3) is 3.24. The van der Waals surface area contributed by atoms with Crippen molar-refractivity contribution in [3.05, 3.63) is 35.9 Å². The average Bonchev–Trinajstić information content (AvgIpc) is 2.35. The highest BCUT2D eigenvalue weighted by molar-refractivity contribution is 5.15. The molecule has 0 heterocycles. The van der Waals surface area contributed by atoms with Gasteiger partial charge in [-0.3, -0.25) is 4.90 Å². The van der Waals surface area contributed by atoms with Crippen LogP contribution in [0.3, 0.4) is 0 Å². The van der Waals surface area contributed by atoms with Crippen molar-refractivity contribution in [1.82, 2.24) is 4.90 Å². The lowest BCUT2D eigenvalue weighted by Gasteiger charge is -2.22. The second kappa shape index (κ2) is 5.47. The molecule has 74 valence electrons. The second-order valence-electron chi connectivity index (χ2n) is 3.14. The molecule has 0 aliphatic carbocycles. The molecule has 1 atom stereocenters. The quantitative estimate of drug-likeness (QED) is 0.661. The zero-order chi connectivity index (χ0) is 14.5. The predicted octanol–water partition coefficient (Wildman–Crippen LogP) is 2.18. The van der Waals surface area contributed by atoms with Gasteiger partial charge in [-0.1, -0.05) is 36.3 Å². The van der Waals surface area contributed by atoms with E-state index in [2.05, 4.69) is 5.92 Å². The molecule has 0 aliphatic heterocycles. The fraction of sp³-hybridized carbons (Fsp3) is 0.385. The highest BCUT2D eigenvalue weighted by Gasteiger charge is 2.07. The standard InChI is InChI=1S/C13H17N/c1-4-10-14(3)12(2)11-13-8-6-5-7-9-13/h1,5-9,12H,10-11H2,2-3H3/t12-/m1/s1/i1D,2D3,12D. The van der Waals surface area contributed by atoms with Gasteiger partial charge in [-0.15, -0.1) is 6.40 Å². The van der Waals surface area contributed by atoms with Crippen molar-refractivity contribution in [2.45, 2.75) is 19.3 Å². The highest BCUT2D eigenvalue weighted by atomic mass is 15.1. The first-order valence-corrected chi connectivity index (χ1v) is 4.46. The van der Waals surface area contributed by atoms with Crippen LogP contribution in [0.15, 0.2) is 30.3 Å². The minimum Gasteiger partial charge on any atom is -0.292 e. The Labute approximate surface area is 93.8 Å². The summed E-state index contributed by atoms with van der Waals surface area (Å²) >= 11 is 0. The van der Waals surface area contributed by atoms with Gasteiger partial charge in [-0.05, 0) is 25.9 Å². The Morgan fingerprint density at radius 3 is 3.07 bits per heavy atom. The summed E-state index contributed by atoms with van der Waals surface area (Å²) in [4.78, 5) is 1.37. The third-order valence-electron chi connectivity index (χ3n) is 1.99. The lowest BCUT2D eigenvalue weighted by molar-refractivity contribution is 0.287. The molecule has 0 N–H and O–H groups in total.